The van der Waals surface area contributed by atoms with E-state index in [9.17, 15) is 9.59 Å². The molecule has 1 saturated heterocycles. The largest absolute Gasteiger partial charge is 0.493 e. The normalized spacial score (nSPS) is 15.2. The molecule has 2 aromatic carbocycles. The van der Waals surface area contributed by atoms with E-state index in [2.05, 4.69) is 10.3 Å². The van der Waals surface area contributed by atoms with Gasteiger partial charge in [-0.25, -0.2) is 4.98 Å². The van der Waals surface area contributed by atoms with Crippen molar-refractivity contribution in [2.45, 2.75) is 19.3 Å². The number of amides is 2. The number of thiazole rings is 1. The maximum Gasteiger partial charge on any atom is 0.231 e. The van der Waals surface area contributed by atoms with E-state index in [0.29, 0.717) is 49.8 Å². The van der Waals surface area contributed by atoms with Gasteiger partial charge in [0.25, 0.3) is 0 Å². The van der Waals surface area contributed by atoms with Crippen LogP contribution in [0.1, 0.15) is 19.3 Å². The van der Waals surface area contributed by atoms with Crippen molar-refractivity contribution in [2.24, 2.45) is 5.92 Å². The van der Waals surface area contributed by atoms with E-state index in [1.54, 1.807) is 0 Å². The SMILES string of the molecule is O=C(Nc1nc(-c2ccc3c(c2)OCO3)cs1)C1CCN(C(=O)CCOc2ccccc2)CC1. The minimum absolute atomic E-state index is 0.0499. The third kappa shape index (κ3) is 5.14. The molecule has 0 bridgehead atoms. The lowest BCUT2D eigenvalue weighted by molar-refractivity contribution is -0.135. The number of nitrogens with one attached hydrogen (secondary N) is 1. The zero-order valence-corrected chi connectivity index (χ0v) is 19.4. The zero-order valence-electron chi connectivity index (χ0n) is 18.6. The minimum atomic E-state index is -0.137. The van der Waals surface area contributed by atoms with Gasteiger partial charge >= 0.3 is 0 Å². The van der Waals surface area contributed by atoms with Crippen molar-refractivity contribution in [1.29, 1.82) is 0 Å². The Bertz CT molecular complexity index is 1160. The van der Waals surface area contributed by atoms with Gasteiger partial charge in [-0.2, -0.15) is 0 Å². The molecule has 1 aromatic heterocycles. The first-order chi connectivity index (χ1) is 16.7. The fourth-order valence-electron chi connectivity index (χ4n) is 4.05. The highest BCUT2D eigenvalue weighted by molar-refractivity contribution is 7.14. The number of rotatable bonds is 7. The van der Waals surface area contributed by atoms with E-state index in [-0.39, 0.29) is 24.5 Å². The molecule has 3 heterocycles. The Kier molecular flexibility index (Phi) is 6.62. The van der Waals surface area contributed by atoms with Gasteiger partial charge in [-0.15, -0.1) is 11.3 Å². The molecule has 0 radical (unpaired) electrons. The summed E-state index contributed by atoms with van der Waals surface area (Å²) in [6.45, 7) is 1.72. The topological polar surface area (TPSA) is 90.0 Å². The summed E-state index contributed by atoms with van der Waals surface area (Å²) in [5, 5.41) is 5.41. The summed E-state index contributed by atoms with van der Waals surface area (Å²) in [5.41, 5.74) is 1.68. The van der Waals surface area contributed by atoms with Gasteiger partial charge in [-0.05, 0) is 43.2 Å². The summed E-state index contributed by atoms with van der Waals surface area (Å²) in [6.07, 6.45) is 1.60. The molecule has 8 nitrogen and oxygen atoms in total. The van der Waals surface area contributed by atoms with Gasteiger partial charge in [0.1, 0.15) is 5.75 Å². The molecule has 2 amide bonds. The van der Waals surface area contributed by atoms with E-state index in [1.165, 1.54) is 11.3 Å². The number of benzene rings is 2. The maximum absolute atomic E-state index is 12.8. The number of aromatic nitrogens is 1. The molecule has 176 valence electrons. The van der Waals surface area contributed by atoms with Gasteiger partial charge < -0.3 is 24.4 Å². The number of hydrogen-bond donors (Lipinski definition) is 1. The summed E-state index contributed by atoms with van der Waals surface area (Å²) in [4.78, 5) is 31.6. The van der Waals surface area contributed by atoms with E-state index >= 15 is 0 Å². The lowest BCUT2D eigenvalue weighted by Crippen LogP contribution is -2.41. The second-order valence-electron chi connectivity index (χ2n) is 8.16. The molecule has 0 spiro atoms. The van der Waals surface area contributed by atoms with E-state index < -0.39 is 0 Å². The molecular weight excluding hydrogens is 454 g/mol. The average molecular weight is 480 g/mol. The van der Waals surface area contributed by atoms with E-state index in [4.69, 9.17) is 14.2 Å². The standard InChI is InChI=1S/C25H25N3O5S/c29-23(10-13-31-19-4-2-1-3-5-19)28-11-8-17(9-12-28)24(30)27-25-26-20(15-34-25)18-6-7-21-22(14-18)33-16-32-21/h1-7,14-15,17H,8-13,16H2,(H,26,27,30). The van der Waals surface area contributed by atoms with Crippen LogP contribution in [0.3, 0.4) is 0 Å². The monoisotopic (exact) mass is 479 g/mol. The van der Waals surface area contributed by atoms with E-state index in [1.807, 2.05) is 58.8 Å². The van der Waals surface area contributed by atoms with Crippen LogP contribution in [-0.4, -0.2) is 48.2 Å². The maximum atomic E-state index is 12.8. The van der Waals surface area contributed by atoms with Gasteiger partial charge in [0, 0.05) is 30.0 Å². The van der Waals surface area contributed by atoms with Gasteiger partial charge in [-0.3, -0.25) is 9.59 Å². The van der Waals surface area contributed by atoms with Gasteiger partial charge in [0.05, 0.1) is 18.7 Å². The summed E-state index contributed by atoms with van der Waals surface area (Å²) in [6, 6.07) is 15.1. The summed E-state index contributed by atoms with van der Waals surface area (Å²) in [5.74, 6) is 2.05. The highest BCUT2D eigenvalue weighted by Gasteiger charge is 2.28. The second kappa shape index (κ2) is 10.1. The predicted octanol–water partition coefficient (Wildman–Crippen LogP) is 4.19. The number of carbonyl (C=O) groups is 2. The molecule has 0 unspecified atom stereocenters. The number of anilines is 1. The summed E-state index contributed by atoms with van der Waals surface area (Å²) >= 11 is 1.39. The lowest BCUT2D eigenvalue weighted by atomic mass is 9.96. The fraction of sp³-hybridized carbons (Fsp3) is 0.320. The molecule has 3 aromatic rings. The number of ether oxygens (including phenoxy) is 3. The Hall–Kier alpha value is -3.59. The average Bonchev–Trinajstić information content (AvgIpc) is 3.54. The number of hydrogen-bond acceptors (Lipinski definition) is 7. The first-order valence-corrected chi connectivity index (χ1v) is 12.2. The Morgan fingerprint density at radius 3 is 2.71 bits per heavy atom. The molecule has 9 heteroatoms. The zero-order chi connectivity index (χ0) is 23.3. The van der Waals surface area contributed by atoms with Crippen LogP contribution >= 0.6 is 11.3 Å². The van der Waals surface area contributed by atoms with Crippen LogP contribution in [0.2, 0.25) is 0 Å². The van der Waals surface area contributed by atoms with Crippen molar-refractivity contribution >= 4 is 28.3 Å². The van der Waals surface area contributed by atoms with Gasteiger partial charge in [0.15, 0.2) is 16.6 Å². The van der Waals surface area contributed by atoms with Crippen molar-refractivity contribution < 1.29 is 23.8 Å². The molecule has 34 heavy (non-hydrogen) atoms. The number of para-hydroxylation sites is 1. The number of piperidine rings is 1. The quantitative estimate of drug-likeness (QED) is 0.547. The van der Waals surface area contributed by atoms with Crippen LogP contribution in [0.5, 0.6) is 17.2 Å². The summed E-state index contributed by atoms with van der Waals surface area (Å²) in [7, 11) is 0. The highest BCUT2D eigenvalue weighted by atomic mass is 32.1. The van der Waals surface area contributed by atoms with Crippen molar-refractivity contribution in [1.82, 2.24) is 9.88 Å². The molecule has 5 rings (SSSR count). The van der Waals surface area contributed by atoms with Crippen LogP contribution in [0.25, 0.3) is 11.3 Å². The number of fused-ring (bicyclic) bond motifs is 1. The lowest BCUT2D eigenvalue weighted by Gasteiger charge is -2.31. The number of nitrogens with zero attached hydrogens (tertiary/aromatic N) is 2. The Morgan fingerprint density at radius 2 is 1.88 bits per heavy atom. The third-order valence-corrected chi connectivity index (χ3v) is 6.71. The van der Waals surface area contributed by atoms with Crippen LogP contribution in [0.4, 0.5) is 5.13 Å². The first kappa shape index (κ1) is 22.2. The van der Waals surface area contributed by atoms with E-state index in [0.717, 1.165) is 22.8 Å². The number of likely N-dealkylation sites (tertiary alicyclic amines) is 1. The van der Waals surface area contributed by atoms with Crippen LogP contribution in [0.15, 0.2) is 53.9 Å². The molecule has 2 aliphatic heterocycles. The number of carbonyl (C=O) groups excluding carboxylic acids is 2. The Labute approximate surface area is 201 Å². The van der Waals surface area contributed by atoms with Crippen LogP contribution in [-0.2, 0) is 9.59 Å². The minimum Gasteiger partial charge on any atom is -0.493 e. The Balaban J connectivity index is 1.08. The van der Waals surface area contributed by atoms with Crippen molar-refractivity contribution in [3.8, 4) is 28.5 Å². The molecule has 0 saturated carbocycles. The highest BCUT2D eigenvalue weighted by Crippen LogP contribution is 2.36. The molecule has 1 N–H and O–H groups in total. The van der Waals surface area contributed by atoms with Crippen LogP contribution < -0.4 is 19.5 Å². The third-order valence-electron chi connectivity index (χ3n) is 5.95. The molecule has 0 aliphatic carbocycles. The summed E-state index contributed by atoms with van der Waals surface area (Å²) < 4.78 is 16.4. The van der Waals surface area contributed by atoms with Crippen LogP contribution in [0, 0.1) is 5.92 Å². The van der Waals surface area contributed by atoms with Crippen molar-refractivity contribution in [3.63, 3.8) is 0 Å². The molecule has 2 aliphatic rings. The second-order valence-corrected chi connectivity index (χ2v) is 9.02. The fourth-order valence-corrected chi connectivity index (χ4v) is 4.77. The molecule has 0 atom stereocenters. The van der Waals surface area contributed by atoms with Crippen molar-refractivity contribution in [2.75, 3.05) is 31.8 Å². The van der Waals surface area contributed by atoms with Gasteiger partial charge in [0.2, 0.25) is 18.6 Å². The Morgan fingerprint density at radius 1 is 1.09 bits per heavy atom. The van der Waals surface area contributed by atoms with Gasteiger partial charge in [-0.1, -0.05) is 18.2 Å². The first-order valence-electron chi connectivity index (χ1n) is 11.3. The predicted molar refractivity (Wildman–Crippen MR) is 128 cm³/mol. The molecule has 1 fully saturated rings. The molecular formula is C25H25N3O5S. The smallest absolute Gasteiger partial charge is 0.231 e. The van der Waals surface area contributed by atoms with Crippen molar-refractivity contribution in [3.05, 3.63) is 53.9 Å².